The van der Waals surface area contributed by atoms with Gasteiger partial charge in [-0.05, 0) is 42.3 Å². The molecule has 104 valence electrons. The van der Waals surface area contributed by atoms with E-state index >= 15 is 0 Å². The molecule has 3 rings (SSSR count). The highest BCUT2D eigenvalue weighted by Gasteiger charge is 2.33. The molecule has 0 spiro atoms. The maximum atomic E-state index is 12.6. The van der Waals surface area contributed by atoms with E-state index < -0.39 is 0 Å². The lowest BCUT2D eigenvalue weighted by Crippen LogP contribution is -2.27. The molecule has 1 saturated heterocycles. The first-order valence-electron chi connectivity index (χ1n) is 6.40. The van der Waals surface area contributed by atoms with Crippen LogP contribution < -0.4 is 4.90 Å². The summed E-state index contributed by atoms with van der Waals surface area (Å²) in [6.45, 7) is 1.99. The third-order valence-corrected chi connectivity index (χ3v) is 4.34. The molecular weight excluding hydrogens is 300 g/mol. The molecule has 0 radical (unpaired) electrons. The minimum Gasteiger partial charge on any atom is -0.268 e. The number of thioether (sulfide) groups is 1. The minimum absolute atomic E-state index is 0.0838. The molecule has 0 N–H and O–H groups in total. The second kappa shape index (κ2) is 5.79. The van der Waals surface area contributed by atoms with Crippen molar-refractivity contribution in [1.82, 2.24) is 4.98 Å². The van der Waals surface area contributed by atoms with Gasteiger partial charge < -0.3 is 0 Å². The number of aromatic nitrogens is 1. The predicted octanol–water partition coefficient (Wildman–Crippen LogP) is 3.80. The zero-order valence-corrected chi connectivity index (χ0v) is 12.9. The van der Waals surface area contributed by atoms with Crippen molar-refractivity contribution in [3.8, 4) is 0 Å². The molecule has 0 aliphatic carbocycles. The van der Waals surface area contributed by atoms with Gasteiger partial charge in [0.05, 0.1) is 10.6 Å². The summed E-state index contributed by atoms with van der Waals surface area (Å²) in [7, 11) is 0. The van der Waals surface area contributed by atoms with E-state index in [1.54, 1.807) is 17.3 Å². The third-order valence-electron chi connectivity index (χ3n) is 3.04. The normalized spacial score (nSPS) is 16.8. The molecule has 0 unspecified atom stereocenters. The molecule has 5 heteroatoms. The molecule has 0 bridgehead atoms. The number of carbonyl (C=O) groups excluding carboxylic acids is 1. The quantitative estimate of drug-likeness (QED) is 0.624. The van der Waals surface area contributed by atoms with Crippen LogP contribution in [0.3, 0.4) is 0 Å². The second-order valence-electron chi connectivity index (χ2n) is 4.64. The summed E-state index contributed by atoms with van der Waals surface area (Å²) in [5.74, 6) is -0.0838. The molecule has 0 saturated carbocycles. The first kappa shape index (κ1) is 14.0. The number of rotatable bonds is 2. The van der Waals surface area contributed by atoms with Gasteiger partial charge in [-0.25, -0.2) is 0 Å². The largest absolute Gasteiger partial charge is 0.270 e. The van der Waals surface area contributed by atoms with Gasteiger partial charge in [0.15, 0.2) is 4.32 Å². The van der Waals surface area contributed by atoms with Crippen molar-refractivity contribution >= 4 is 46.0 Å². The van der Waals surface area contributed by atoms with Gasteiger partial charge in [0.2, 0.25) is 0 Å². The van der Waals surface area contributed by atoms with Crippen LogP contribution >= 0.6 is 24.0 Å². The van der Waals surface area contributed by atoms with E-state index in [0.717, 1.165) is 16.8 Å². The van der Waals surface area contributed by atoms with Gasteiger partial charge in [0.25, 0.3) is 5.91 Å². The smallest absolute Gasteiger partial charge is 0.268 e. The number of benzene rings is 1. The first-order valence-corrected chi connectivity index (χ1v) is 7.62. The Bertz CT molecular complexity index is 741. The second-order valence-corrected chi connectivity index (χ2v) is 6.32. The first-order chi connectivity index (χ1) is 10.1. The number of anilines is 1. The van der Waals surface area contributed by atoms with E-state index in [1.165, 1.54) is 11.8 Å². The minimum atomic E-state index is -0.0838. The summed E-state index contributed by atoms with van der Waals surface area (Å²) in [6.07, 6.45) is 5.25. The van der Waals surface area contributed by atoms with Crippen molar-refractivity contribution in [3.63, 3.8) is 0 Å². The van der Waals surface area contributed by atoms with E-state index in [9.17, 15) is 4.79 Å². The maximum Gasteiger partial charge on any atom is 0.270 e. The predicted molar refractivity (Wildman–Crippen MR) is 91.1 cm³/mol. The Morgan fingerprint density at radius 1 is 1.29 bits per heavy atom. The Kier molecular flexibility index (Phi) is 3.86. The van der Waals surface area contributed by atoms with Crippen LogP contribution in [0.5, 0.6) is 0 Å². The fourth-order valence-electron chi connectivity index (χ4n) is 2.07. The Hall–Kier alpha value is -1.98. The molecule has 1 aliphatic heterocycles. The van der Waals surface area contributed by atoms with Crippen molar-refractivity contribution < 1.29 is 4.79 Å². The van der Waals surface area contributed by atoms with Crippen molar-refractivity contribution in [2.24, 2.45) is 0 Å². The Morgan fingerprint density at radius 2 is 2.14 bits per heavy atom. The molecule has 1 aliphatic rings. The number of carbonyl (C=O) groups is 1. The summed E-state index contributed by atoms with van der Waals surface area (Å²) in [6, 6.07) is 11.5. The molecule has 3 nitrogen and oxygen atoms in total. The lowest BCUT2D eigenvalue weighted by Gasteiger charge is -2.14. The molecule has 2 heterocycles. The van der Waals surface area contributed by atoms with Crippen LogP contribution in [0.25, 0.3) is 6.08 Å². The lowest BCUT2D eigenvalue weighted by molar-refractivity contribution is -0.113. The number of pyridine rings is 1. The average Bonchev–Trinajstić information content (AvgIpc) is 2.74. The van der Waals surface area contributed by atoms with E-state index in [1.807, 2.05) is 49.4 Å². The van der Waals surface area contributed by atoms with Gasteiger partial charge in [0, 0.05) is 12.4 Å². The zero-order chi connectivity index (χ0) is 14.8. The van der Waals surface area contributed by atoms with Crippen LogP contribution in [0.1, 0.15) is 11.1 Å². The fraction of sp³-hybridized carbons (Fsp3) is 0.0625. The highest BCUT2D eigenvalue weighted by molar-refractivity contribution is 8.27. The van der Waals surface area contributed by atoms with Crippen LogP contribution in [0.2, 0.25) is 0 Å². The average molecular weight is 312 g/mol. The summed E-state index contributed by atoms with van der Waals surface area (Å²) >= 11 is 6.67. The molecule has 1 amide bonds. The topological polar surface area (TPSA) is 33.2 Å². The van der Waals surface area contributed by atoms with E-state index in [2.05, 4.69) is 4.98 Å². The summed E-state index contributed by atoms with van der Waals surface area (Å²) < 4.78 is 0.556. The highest BCUT2D eigenvalue weighted by Crippen LogP contribution is 2.36. The van der Waals surface area contributed by atoms with Gasteiger partial charge >= 0.3 is 0 Å². The van der Waals surface area contributed by atoms with Gasteiger partial charge in [-0.3, -0.25) is 14.7 Å². The lowest BCUT2D eigenvalue weighted by atomic mass is 10.2. The monoisotopic (exact) mass is 312 g/mol. The Balaban J connectivity index is 1.94. The standard InChI is InChI=1S/C16H12N2OS2/c1-11-4-2-6-13(8-11)18-15(19)14(21-16(18)20)9-12-5-3-7-17-10-12/h2-10H,1H3/b14-9-. The van der Waals surface area contributed by atoms with Gasteiger partial charge in [-0.2, -0.15) is 0 Å². The summed E-state index contributed by atoms with van der Waals surface area (Å²) in [5.41, 5.74) is 2.80. The zero-order valence-electron chi connectivity index (χ0n) is 11.3. The van der Waals surface area contributed by atoms with E-state index in [-0.39, 0.29) is 5.91 Å². The van der Waals surface area contributed by atoms with Crippen LogP contribution in [-0.2, 0) is 4.79 Å². The number of hydrogen-bond acceptors (Lipinski definition) is 4. The van der Waals surface area contributed by atoms with Gasteiger partial charge in [-0.15, -0.1) is 0 Å². The van der Waals surface area contributed by atoms with E-state index in [4.69, 9.17) is 12.2 Å². The highest BCUT2D eigenvalue weighted by atomic mass is 32.2. The molecular formula is C16H12N2OS2. The molecule has 0 atom stereocenters. The number of aryl methyl sites for hydroxylation is 1. The van der Waals surface area contributed by atoms with Crippen molar-refractivity contribution in [1.29, 1.82) is 0 Å². The van der Waals surface area contributed by atoms with Gasteiger partial charge in [-0.1, -0.05) is 42.2 Å². The third kappa shape index (κ3) is 2.89. The number of hydrogen-bond donors (Lipinski definition) is 0. The van der Waals surface area contributed by atoms with E-state index in [0.29, 0.717) is 9.23 Å². The SMILES string of the molecule is Cc1cccc(N2C(=O)/C(=C/c3cccnc3)SC2=S)c1. The molecule has 21 heavy (non-hydrogen) atoms. The van der Waals surface area contributed by atoms with Gasteiger partial charge in [0.1, 0.15) is 0 Å². The Morgan fingerprint density at radius 3 is 2.86 bits per heavy atom. The molecule has 1 aromatic carbocycles. The molecule has 2 aromatic rings. The van der Waals surface area contributed by atoms with Crippen LogP contribution in [0, 0.1) is 6.92 Å². The maximum absolute atomic E-state index is 12.6. The number of nitrogens with zero attached hydrogens (tertiary/aromatic N) is 2. The fourth-order valence-corrected chi connectivity index (χ4v) is 3.37. The van der Waals surface area contributed by atoms with Crippen molar-refractivity contribution in [2.45, 2.75) is 6.92 Å². The number of amides is 1. The molecule has 1 aromatic heterocycles. The molecule has 1 fully saturated rings. The summed E-state index contributed by atoms with van der Waals surface area (Å²) in [5, 5.41) is 0. The van der Waals surface area contributed by atoms with Crippen molar-refractivity contribution in [3.05, 3.63) is 64.8 Å². The summed E-state index contributed by atoms with van der Waals surface area (Å²) in [4.78, 5) is 18.8. The van der Waals surface area contributed by atoms with Crippen LogP contribution in [0.4, 0.5) is 5.69 Å². The van der Waals surface area contributed by atoms with Crippen LogP contribution in [0.15, 0.2) is 53.7 Å². The number of thiocarbonyl (C=S) groups is 1. The van der Waals surface area contributed by atoms with Crippen molar-refractivity contribution in [2.75, 3.05) is 4.90 Å². The van der Waals surface area contributed by atoms with Crippen LogP contribution in [-0.4, -0.2) is 15.2 Å². The Labute approximate surface area is 132 Å².